The van der Waals surface area contributed by atoms with E-state index >= 15 is 0 Å². The molecule has 0 unspecified atom stereocenters. The number of carbonyl (C=O) groups excluding carboxylic acids is 1. The van der Waals surface area contributed by atoms with E-state index in [0.29, 0.717) is 6.42 Å². The van der Waals surface area contributed by atoms with Gasteiger partial charge >= 0.3 is 0 Å². The lowest BCUT2D eigenvalue weighted by molar-refractivity contribution is 0.0994. The van der Waals surface area contributed by atoms with Gasteiger partial charge in [-0.05, 0) is 44.5 Å². The molecule has 106 valence electrons. The summed E-state index contributed by atoms with van der Waals surface area (Å²) in [5.74, 6) is -0.815. The van der Waals surface area contributed by atoms with Gasteiger partial charge in [0.15, 0.2) is 0 Å². The molecule has 0 fully saturated rings. The van der Waals surface area contributed by atoms with Crippen LogP contribution in [0.25, 0.3) is 0 Å². The molecule has 0 bridgehead atoms. The Hall–Kier alpha value is -2.17. The summed E-state index contributed by atoms with van der Waals surface area (Å²) in [6.07, 6.45) is 0.567. The number of carbonyl (C=O) groups is 1. The molecule has 0 saturated carbocycles. The van der Waals surface area contributed by atoms with E-state index in [0.717, 1.165) is 11.3 Å². The molecule has 4 nitrogen and oxygen atoms in total. The normalized spacial score (nSPS) is 11.6. The molecule has 1 amide bonds. The van der Waals surface area contributed by atoms with Crippen molar-refractivity contribution >= 4 is 5.91 Å². The van der Waals surface area contributed by atoms with Crippen molar-refractivity contribution in [3.63, 3.8) is 0 Å². The van der Waals surface area contributed by atoms with Crippen LogP contribution < -0.4 is 5.73 Å². The first-order valence-electron chi connectivity index (χ1n) is 6.41. The highest BCUT2D eigenvalue weighted by Gasteiger charge is 2.21. The Bertz CT molecular complexity index is 624. The van der Waals surface area contributed by atoms with Crippen molar-refractivity contribution in [1.82, 2.24) is 9.78 Å². The van der Waals surface area contributed by atoms with Gasteiger partial charge in [-0.25, -0.2) is 4.39 Å². The monoisotopic (exact) mass is 275 g/mol. The van der Waals surface area contributed by atoms with Crippen LogP contribution in [0.1, 0.15) is 42.5 Å². The zero-order valence-corrected chi connectivity index (χ0v) is 11.9. The third-order valence-corrected chi connectivity index (χ3v) is 2.97. The van der Waals surface area contributed by atoms with E-state index in [2.05, 4.69) is 5.10 Å². The zero-order valence-electron chi connectivity index (χ0n) is 11.9. The van der Waals surface area contributed by atoms with Crippen molar-refractivity contribution < 1.29 is 9.18 Å². The molecule has 0 saturated heterocycles. The molecule has 0 radical (unpaired) electrons. The van der Waals surface area contributed by atoms with Gasteiger partial charge in [0.25, 0.3) is 5.91 Å². The van der Waals surface area contributed by atoms with E-state index < -0.39 is 5.91 Å². The summed E-state index contributed by atoms with van der Waals surface area (Å²) >= 11 is 0. The van der Waals surface area contributed by atoms with Gasteiger partial charge in [0.2, 0.25) is 0 Å². The van der Waals surface area contributed by atoms with Gasteiger partial charge in [-0.15, -0.1) is 0 Å². The summed E-state index contributed by atoms with van der Waals surface area (Å²) < 4.78 is 14.7. The molecule has 5 heteroatoms. The van der Waals surface area contributed by atoms with E-state index in [-0.39, 0.29) is 17.1 Å². The number of benzene rings is 1. The minimum atomic E-state index is -0.548. The van der Waals surface area contributed by atoms with Crippen molar-refractivity contribution in [3.05, 3.63) is 53.1 Å². The predicted molar refractivity (Wildman–Crippen MR) is 74.9 cm³/mol. The van der Waals surface area contributed by atoms with Crippen LogP contribution in [0.15, 0.2) is 30.3 Å². The lowest BCUT2D eigenvalue weighted by Gasteiger charge is -2.22. The molecule has 1 aromatic heterocycles. The molecule has 0 aliphatic heterocycles. The van der Waals surface area contributed by atoms with Gasteiger partial charge in [-0.1, -0.05) is 12.1 Å². The summed E-state index contributed by atoms with van der Waals surface area (Å²) in [7, 11) is 0. The lowest BCUT2D eigenvalue weighted by atomic mass is 10.1. The minimum Gasteiger partial charge on any atom is -0.364 e. The number of halogens is 1. The maximum Gasteiger partial charge on any atom is 0.269 e. The Labute approximate surface area is 117 Å². The van der Waals surface area contributed by atoms with Crippen LogP contribution in [-0.2, 0) is 12.0 Å². The third kappa shape index (κ3) is 3.04. The van der Waals surface area contributed by atoms with Gasteiger partial charge in [0.05, 0.1) is 5.54 Å². The van der Waals surface area contributed by atoms with Crippen LogP contribution in [-0.4, -0.2) is 15.7 Å². The molecule has 2 rings (SSSR count). The number of nitrogens with two attached hydrogens (primary N) is 1. The first-order valence-corrected chi connectivity index (χ1v) is 6.41. The van der Waals surface area contributed by atoms with E-state index in [1.165, 1.54) is 12.1 Å². The highest BCUT2D eigenvalue weighted by Crippen LogP contribution is 2.20. The highest BCUT2D eigenvalue weighted by atomic mass is 19.1. The van der Waals surface area contributed by atoms with Crippen LogP contribution in [0.5, 0.6) is 0 Å². The zero-order chi connectivity index (χ0) is 14.9. The first-order chi connectivity index (χ1) is 9.27. The van der Waals surface area contributed by atoms with Crippen LogP contribution in [0, 0.1) is 5.82 Å². The molecule has 1 aromatic carbocycles. The molecule has 0 aliphatic carbocycles. The van der Waals surface area contributed by atoms with E-state index in [4.69, 9.17) is 5.73 Å². The number of primary amides is 1. The molecule has 2 N–H and O–H groups in total. The van der Waals surface area contributed by atoms with Crippen molar-refractivity contribution in [2.45, 2.75) is 32.7 Å². The van der Waals surface area contributed by atoms with E-state index in [1.807, 2.05) is 20.8 Å². The Balaban J connectivity index is 2.39. The summed E-state index contributed by atoms with van der Waals surface area (Å²) in [5.41, 5.74) is 7.10. The fourth-order valence-corrected chi connectivity index (χ4v) is 2.06. The molecular weight excluding hydrogens is 257 g/mol. The Kier molecular flexibility index (Phi) is 3.61. The SMILES string of the molecule is CC(C)(C)n1nc(C(N)=O)cc1Cc1ccc(F)cc1. The fourth-order valence-electron chi connectivity index (χ4n) is 2.06. The van der Waals surface area contributed by atoms with Crippen molar-refractivity contribution in [3.8, 4) is 0 Å². The second-order valence-electron chi connectivity index (χ2n) is 5.77. The van der Waals surface area contributed by atoms with Crippen molar-refractivity contribution in [1.29, 1.82) is 0 Å². The van der Waals surface area contributed by atoms with Crippen LogP contribution >= 0.6 is 0 Å². The molecule has 20 heavy (non-hydrogen) atoms. The maximum atomic E-state index is 12.9. The number of amides is 1. The number of aromatic nitrogens is 2. The molecular formula is C15H18FN3O. The third-order valence-electron chi connectivity index (χ3n) is 2.97. The molecule has 0 aliphatic rings. The fraction of sp³-hybridized carbons (Fsp3) is 0.333. The first kappa shape index (κ1) is 14.2. The smallest absolute Gasteiger partial charge is 0.269 e. The molecule has 1 heterocycles. The maximum absolute atomic E-state index is 12.9. The van der Waals surface area contributed by atoms with E-state index in [9.17, 15) is 9.18 Å². The second-order valence-corrected chi connectivity index (χ2v) is 5.77. The number of hydrogen-bond acceptors (Lipinski definition) is 2. The van der Waals surface area contributed by atoms with Crippen LogP contribution in [0.3, 0.4) is 0 Å². The summed E-state index contributed by atoms with van der Waals surface area (Å²) in [6.45, 7) is 6.00. The molecule has 2 aromatic rings. The van der Waals surface area contributed by atoms with Gasteiger partial charge in [-0.2, -0.15) is 5.10 Å². The number of nitrogens with zero attached hydrogens (tertiary/aromatic N) is 2. The van der Waals surface area contributed by atoms with Gasteiger partial charge in [0.1, 0.15) is 11.5 Å². The van der Waals surface area contributed by atoms with Crippen LogP contribution in [0.2, 0.25) is 0 Å². The topological polar surface area (TPSA) is 60.9 Å². The Morgan fingerprint density at radius 3 is 2.40 bits per heavy atom. The molecule has 0 atom stereocenters. The van der Waals surface area contributed by atoms with Crippen LogP contribution in [0.4, 0.5) is 4.39 Å². The molecule has 0 spiro atoms. The minimum absolute atomic E-state index is 0.247. The van der Waals surface area contributed by atoms with Gasteiger partial charge in [0, 0.05) is 12.1 Å². The van der Waals surface area contributed by atoms with Crippen molar-refractivity contribution in [2.24, 2.45) is 5.73 Å². The Morgan fingerprint density at radius 1 is 1.30 bits per heavy atom. The van der Waals surface area contributed by atoms with Crippen molar-refractivity contribution in [2.75, 3.05) is 0 Å². The average Bonchev–Trinajstić information content (AvgIpc) is 2.76. The average molecular weight is 275 g/mol. The summed E-state index contributed by atoms with van der Waals surface area (Å²) in [5, 5.41) is 4.26. The summed E-state index contributed by atoms with van der Waals surface area (Å²) in [4.78, 5) is 11.3. The van der Waals surface area contributed by atoms with Gasteiger partial charge in [-0.3, -0.25) is 9.48 Å². The summed E-state index contributed by atoms with van der Waals surface area (Å²) in [6, 6.07) is 7.97. The second kappa shape index (κ2) is 5.07. The van der Waals surface area contributed by atoms with Gasteiger partial charge < -0.3 is 5.73 Å². The quantitative estimate of drug-likeness (QED) is 0.935. The Morgan fingerprint density at radius 2 is 1.90 bits per heavy atom. The predicted octanol–water partition coefficient (Wildman–Crippen LogP) is 2.47. The highest BCUT2D eigenvalue weighted by molar-refractivity contribution is 5.90. The lowest BCUT2D eigenvalue weighted by Crippen LogP contribution is -2.26. The number of rotatable bonds is 3. The van der Waals surface area contributed by atoms with E-state index in [1.54, 1.807) is 22.9 Å². The largest absolute Gasteiger partial charge is 0.364 e. The number of hydrogen-bond donors (Lipinski definition) is 1. The standard InChI is InChI=1S/C15H18FN3O/c1-15(2,3)19-12(9-13(18-19)14(17)20)8-10-4-6-11(16)7-5-10/h4-7,9H,8H2,1-3H3,(H2,17,20).